The third kappa shape index (κ3) is 3.49. The van der Waals surface area contributed by atoms with Gasteiger partial charge in [0, 0.05) is 26.3 Å². The predicted octanol–water partition coefficient (Wildman–Crippen LogP) is 3.65. The summed E-state index contributed by atoms with van der Waals surface area (Å²) in [6.45, 7) is 8.19. The van der Waals surface area contributed by atoms with E-state index in [9.17, 15) is 4.79 Å². The SMILES string of the molecule is C[Si](C)(C)CCOCn1ccc2c(C(=O)O)cccc21. The molecule has 0 spiro atoms. The van der Waals surface area contributed by atoms with Gasteiger partial charge in [0.2, 0.25) is 0 Å². The lowest BCUT2D eigenvalue weighted by Crippen LogP contribution is -2.21. The number of aromatic nitrogens is 1. The maximum absolute atomic E-state index is 11.2. The molecule has 0 bridgehead atoms. The van der Waals surface area contributed by atoms with E-state index in [0.29, 0.717) is 12.3 Å². The van der Waals surface area contributed by atoms with Crippen molar-refractivity contribution >= 4 is 24.9 Å². The van der Waals surface area contributed by atoms with Crippen LogP contribution in [0.2, 0.25) is 25.7 Å². The maximum Gasteiger partial charge on any atom is 0.336 e. The van der Waals surface area contributed by atoms with Crippen LogP contribution >= 0.6 is 0 Å². The zero-order valence-electron chi connectivity index (χ0n) is 12.2. The molecular formula is C15H21NO3Si. The van der Waals surface area contributed by atoms with Gasteiger partial charge >= 0.3 is 5.97 Å². The Kier molecular flexibility index (Phi) is 4.30. The Balaban J connectivity index is 2.08. The minimum Gasteiger partial charge on any atom is -0.478 e. The molecule has 2 rings (SSSR count). The monoisotopic (exact) mass is 291 g/mol. The molecule has 1 aromatic carbocycles. The molecule has 5 heteroatoms. The van der Waals surface area contributed by atoms with E-state index in [2.05, 4.69) is 19.6 Å². The minimum atomic E-state index is -1.07. The van der Waals surface area contributed by atoms with E-state index in [4.69, 9.17) is 9.84 Å². The van der Waals surface area contributed by atoms with Crippen LogP contribution in [0.25, 0.3) is 10.9 Å². The van der Waals surface area contributed by atoms with Crippen molar-refractivity contribution in [2.24, 2.45) is 0 Å². The smallest absolute Gasteiger partial charge is 0.336 e. The highest BCUT2D eigenvalue weighted by Crippen LogP contribution is 2.20. The van der Waals surface area contributed by atoms with Gasteiger partial charge in [-0.1, -0.05) is 25.7 Å². The van der Waals surface area contributed by atoms with Crippen LogP contribution in [0.5, 0.6) is 0 Å². The van der Waals surface area contributed by atoms with Gasteiger partial charge in [-0.15, -0.1) is 0 Å². The van der Waals surface area contributed by atoms with Crippen LogP contribution in [-0.4, -0.2) is 30.3 Å². The van der Waals surface area contributed by atoms with Crippen LogP contribution < -0.4 is 0 Å². The molecule has 1 N–H and O–H groups in total. The predicted molar refractivity (Wildman–Crippen MR) is 83.0 cm³/mol. The van der Waals surface area contributed by atoms with Gasteiger partial charge in [0.25, 0.3) is 0 Å². The van der Waals surface area contributed by atoms with Crippen LogP contribution in [0.1, 0.15) is 10.4 Å². The standard InChI is InChI=1S/C15H21NO3Si/c1-20(2,3)10-9-19-11-16-8-7-12-13(15(17)18)5-4-6-14(12)16/h4-8H,9-11H2,1-3H3,(H,17,18). The molecule has 0 aliphatic heterocycles. The van der Waals surface area contributed by atoms with E-state index in [1.807, 2.05) is 22.9 Å². The van der Waals surface area contributed by atoms with Gasteiger partial charge in [0.15, 0.2) is 0 Å². The second kappa shape index (κ2) is 5.81. The van der Waals surface area contributed by atoms with E-state index >= 15 is 0 Å². The van der Waals surface area contributed by atoms with Crippen LogP contribution in [0.3, 0.4) is 0 Å². The van der Waals surface area contributed by atoms with E-state index in [1.165, 1.54) is 0 Å². The molecule has 108 valence electrons. The summed E-state index contributed by atoms with van der Waals surface area (Å²) < 4.78 is 7.66. The van der Waals surface area contributed by atoms with Gasteiger partial charge in [0.1, 0.15) is 6.73 Å². The molecule has 20 heavy (non-hydrogen) atoms. The Labute approximate surface area is 120 Å². The molecule has 0 atom stereocenters. The number of nitrogens with zero attached hydrogens (tertiary/aromatic N) is 1. The first-order valence-electron chi connectivity index (χ1n) is 6.77. The van der Waals surface area contributed by atoms with Crippen molar-refractivity contribution in [3.63, 3.8) is 0 Å². The molecule has 0 saturated carbocycles. The largest absolute Gasteiger partial charge is 0.478 e. The molecule has 0 aliphatic carbocycles. The molecule has 2 aromatic rings. The Morgan fingerprint density at radius 3 is 2.70 bits per heavy atom. The van der Waals surface area contributed by atoms with Gasteiger partial charge in [-0.2, -0.15) is 0 Å². The molecule has 4 nitrogen and oxygen atoms in total. The minimum absolute atomic E-state index is 0.336. The third-order valence-corrected chi connectivity index (χ3v) is 4.97. The van der Waals surface area contributed by atoms with Gasteiger partial charge in [0.05, 0.1) is 11.1 Å². The van der Waals surface area contributed by atoms with E-state index < -0.39 is 14.0 Å². The van der Waals surface area contributed by atoms with Crippen molar-refractivity contribution in [3.8, 4) is 0 Å². The van der Waals surface area contributed by atoms with E-state index in [-0.39, 0.29) is 0 Å². The topological polar surface area (TPSA) is 51.5 Å². The summed E-state index contributed by atoms with van der Waals surface area (Å²) in [7, 11) is -1.07. The molecule has 1 aromatic heterocycles. The van der Waals surface area contributed by atoms with Crippen molar-refractivity contribution in [3.05, 3.63) is 36.0 Å². The molecule has 0 radical (unpaired) electrons. The average Bonchev–Trinajstić information content (AvgIpc) is 2.76. The van der Waals surface area contributed by atoms with Gasteiger partial charge < -0.3 is 14.4 Å². The number of carboxylic acids is 1. The van der Waals surface area contributed by atoms with Crippen LogP contribution in [-0.2, 0) is 11.5 Å². The number of carboxylic acid groups (broad SMARTS) is 1. The zero-order chi connectivity index (χ0) is 14.8. The van der Waals surface area contributed by atoms with Gasteiger partial charge in [-0.05, 0) is 24.2 Å². The quantitative estimate of drug-likeness (QED) is 0.653. The molecule has 0 fully saturated rings. The zero-order valence-corrected chi connectivity index (χ0v) is 13.2. The summed E-state index contributed by atoms with van der Waals surface area (Å²) in [6, 6.07) is 8.28. The first-order valence-corrected chi connectivity index (χ1v) is 10.5. The highest BCUT2D eigenvalue weighted by atomic mass is 28.3. The molecule has 0 unspecified atom stereocenters. The number of aromatic carboxylic acids is 1. The van der Waals surface area contributed by atoms with Crippen molar-refractivity contribution in [2.45, 2.75) is 32.4 Å². The summed E-state index contributed by atoms with van der Waals surface area (Å²) in [6.07, 6.45) is 1.88. The Morgan fingerprint density at radius 1 is 1.30 bits per heavy atom. The number of ether oxygens (including phenoxy) is 1. The van der Waals surface area contributed by atoms with Gasteiger partial charge in [-0.3, -0.25) is 0 Å². The van der Waals surface area contributed by atoms with Crippen molar-refractivity contribution < 1.29 is 14.6 Å². The average molecular weight is 291 g/mol. The molecular weight excluding hydrogens is 270 g/mol. The fourth-order valence-corrected chi connectivity index (χ4v) is 2.82. The Hall–Kier alpha value is -1.59. The number of rotatable bonds is 6. The Morgan fingerprint density at radius 2 is 2.05 bits per heavy atom. The first-order chi connectivity index (χ1) is 9.38. The van der Waals surface area contributed by atoms with E-state index in [1.54, 1.807) is 12.1 Å². The Bertz CT molecular complexity index is 613. The highest BCUT2D eigenvalue weighted by Gasteiger charge is 2.13. The summed E-state index contributed by atoms with van der Waals surface area (Å²) >= 11 is 0. The number of fused-ring (bicyclic) bond motifs is 1. The molecule has 0 amide bonds. The van der Waals surface area contributed by atoms with Gasteiger partial charge in [-0.25, -0.2) is 4.79 Å². The van der Waals surface area contributed by atoms with Crippen molar-refractivity contribution in [1.29, 1.82) is 0 Å². The number of carbonyl (C=O) groups is 1. The van der Waals surface area contributed by atoms with Crippen molar-refractivity contribution in [1.82, 2.24) is 4.57 Å². The number of hydrogen-bond donors (Lipinski definition) is 1. The summed E-state index contributed by atoms with van der Waals surface area (Å²) in [5, 5.41) is 9.92. The normalized spacial score (nSPS) is 11.9. The maximum atomic E-state index is 11.2. The summed E-state index contributed by atoms with van der Waals surface area (Å²) in [4.78, 5) is 11.2. The third-order valence-electron chi connectivity index (χ3n) is 3.27. The first kappa shape index (κ1) is 14.8. The second-order valence-corrected chi connectivity index (χ2v) is 11.8. The van der Waals surface area contributed by atoms with Crippen LogP contribution in [0.15, 0.2) is 30.5 Å². The molecule has 1 heterocycles. The second-order valence-electron chi connectivity index (χ2n) is 6.18. The lowest BCUT2D eigenvalue weighted by molar-refractivity contribution is 0.0699. The fourth-order valence-electron chi connectivity index (χ4n) is 2.06. The van der Waals surface area contributed by atoms with Crippen LogP contribution in [0.4, 0.5) is 0 Å². The lowest BCUT2D eigenvalue weighted by Gasteiger charge is -2.15. The number of hydrogen-bond acceptors (Lipinski definition) is 2. The molecule has 0 saturated heterocycles. The molecule has 0 aliphatic rings. The van der Waals surface area contributed by atoms with Crippen LogP contribution in [0, 0.1) is 0 Å². The highest BCUT2D eigenvalue weighted by molar-refractivity contribution is 6.76. The fraction of sp³-hybridized carbons (Fsp3) is 0.400. The van der Waals surface area contributed by atoms with E-state index in [0.717, 1.165) is 23.6 Å². The lowest BCUT2D eigenvalue weighted by atomic mass is 10.1. The summed E-state index contributed by atoms with van der Waals surface area (Å²) in [5.74, 6) is -0.895. The van der Waals surface area contributed by atoms with Crippen molar-refractivity contribution in [2.75, 3.05) is 6.61 Å². The summed E-state index contributed by atoms with van der Waals surface area (Å²) in [5.41, 5.74) is 1.24. The number of benzene rings is 1.